The number of rotatable bonds is 5. The summed E-state index contributed by atoms with van der Waals surface area (Å²) in [6, 6.07) is 6.60. The van der Waals surface area contributed by atoms with Crippen LogP contribution in [0.25, 0.3) is 0 Å². The number of piperazine rings is 1. The van der Waals surface area contributed by atoms with Gasteiger partial charge in [0.2, 0.25) is 5.91 Å². The van der Waals surface area contributed by atoms with Gasteiger partial charge in [-0.1, -0.05) is 12.8 Å². The summed E-state index contributed by atoms with van der Waals surface area (Å²) < 4.78 is 5.76. The van der Waals surface area contributed by atoms with Gasteiger partial charge in [-0.25, -0.2) is 0 Å². The average Bonchev–Trinajstić information content (AvgIpc) is 3.10. The maximum atomic E-state index is 13.5. The van der Waals surface area contributed by atoms with E-state index in [9.17, 15) is 9.59 Å². The summed E-state index contributed by atoms with van der Waals surface area (Å²) in [5.74, 6) is 1.07. The lowest BCUT2D eigenvalue weighted by atomic mass is 9.83. The summed E-state index contributed by atoms with van der Waals surface area (Å²) in [7, 11) is 7.96. The highest BCUT2D eigenvalue weighted by Gasteiger charge is 2.47. The molecule has 1 aromatic rings. The van der Waals surface area contributed by atoms with Crippen LogP contribution in [0, 0.1) is 5.92 Å². The number of methoxy groups -OCH3 is 1. The molecule has 1 aromatic carbocycles. The first kappa shape index (κ1) is 29.6. The summed E-state index contributed by atoms with van der Waals surface area (Å²) >= 11 is 0. The van der Waals surface area contributed by atoms with Crippen LogP contribution in [0.3, 0.4) is 0 Å². The van der Waals surface area contributed by atoms with E-state index < -0.39 is 0 Å². The van der Waals surface area contributed by atoms with Crippen molar-refractivity contribution in [3.8, 4) is 5.75 Å². The Kier molecular flexibility index (Phi) is 8.93. The fourth-order valence-corrected chi connectivity index (χ4v) is 7.94. The number of hydrogen-bond acceptors (Lipinski definition) is 9. The van der Waals surface area contributed by atoms with Crippen molar-refractivity contribution in [3.63, 3.8) is 0 Å². The minimum atomic E-state index is -0.207. The van der Waals surface area contributed by atoms with Crippen molar-refractivity contribution in [3.05, 3.63) is 23.8 Å². The molecule has 5 atom stereocenters. The highest BCUT2D eigenvalue weighted by Crippen LogP contribution is 2.35. The lowest BCUT2D eigenvalue weighted by molar-refractivity contribution is -0.137. The van der Waals surface area contributed by atoms with Gasteiger partial charge in [0, 0.05) is 70.5 Å². The summed E-state index contributed by atoms with van der Waals surface area (Å²) in [6.45, 7) is 6.77. The normalized spacial score (nSPS) is 32.2. The van der Waals surface area contributed by atoms with Crippen molar-refractivity contribution >= 4 is 17.5 Å². The number of carbonyl (C=O) groups excluding carboxylic acids is 2. The largest absolute Gasteiger partial charge is 0.495 e. The predicted molar refractivity (Wildman–Crippen MR) is 163 cm³/mol. The first-order chi connectivity index (χ1) is 20.3. The summed E-state index contributed by atoms with van der Waals surface area (Å²) in [6.07, 6.45) is 6.24. The minimum Gasteiger partial charge on any atom is -0.495 e. The smallest absolute Gasteiger partial charge is 0.253 e. The van der Waals surface area contributed by atoms with E-state index in [1.54, 1.807) is 7.11 Å². The Bertz CT molecular complexity index is 1120. The summed E-state index contributed by atoms with van der Waals surface area (Å²) in [4.78, 5) is 38.1. The molecule has 0 bridgehead atoms. The van der Waals surface area contributed by atoms with E-state index in [0.717, 1.165) is 77.1 Å². The molecule has 6 rings (SSSR count). The van der Waals surface area contributed by atoms with E-state index >= 15 is 0 Å². The van der Waals surface area contributed by atoms with E-state index in [4.69, 9.17) is 4.74 Å². The number of ether oxygens (including phenoxy) is 1. The lowest BCUT2D eigenvalue weighted by Gasteiger charge is -2.46. The summed E-state index contributed by atoms with van der Waals surface area (Å²) in [5.41, 5.74) is 1.48. The van der Waals surface area contributed by atoms with Crippen LogP contribution in [0.15, 0.2) is 18.2 Å². The van der Waals surface area contributed by atoms with Gasteiger partial charge in [-0.3, -0.25) is 30.0 Å². The number of nitrogens with one attached hydrogen (secondary N) is 3. The molecule has 0 aromatic heterocycles. The van der Waals surface area contributed by atoms with Crippen LogP contribution in [0.2, 0.25) is 0 Å². The minimum absolute atomic E-state index is 0.0337. The molecule has 5 aliphatic rings. The molecule has 11 heteroatoms. The van der Waals surface area contributed by atoms with Gasteiger partial charge in [-0.05, 0) is 58.0 Å². The van der Waals surface area contributed by atoms with Crippen LogP contribution in [0.4, 0.5) is 5.69 Å². The molecule has 4 saturated heterocycles. The number of benzene rings is 1. The fourth-order valence-electron chi connectivity index (χ4n) is 7.94. The topological polar surface area (TPSA) is 95.7 Å². The molecule has 0 radical (unpaired) electrons. The molecule has 4 aliphatic heterocycles. The number of piperidine rings is 1. The number of likely N-dealkylation sites (N-methyl/N-ethyl adjacent to an activating group) is 3. The van der Waals surface area contributed by atoms with Crippen molar-refractivity contribution in [1.82, 2.24) is 35.1 Å². The molecule has 42 heavy (non-hydrogen) atoms. The lowest BCUT2D eigenvalue weighted by Crippen LogP contribution is -2.71. The molecular weight excluding hydrogens is 532 g/mol. The van der Waals surface area contributed by atoms with Gasteiger partial charge >= 0.3 is 0 Å². The zero-order valence-electron chi connectivity index (χ0n) is 25.8. The Morgan fingerprint density at radius 3 is 2.43 bits per heavy atom. The van der Waals surface area contributed by atoms with Crippen LogP contribution in [-0.2, 0) is 4.79 Å². The number of carbonyl (C=O) groups is 2. The number of likely N-dealkylation sites (tertiary alicyclic amines) is 1. The van der Waals surface area contributed by atoms with Crippen LogP contribution in [0.1, 0.15) is 48.9 Å². The van der Waals surface area contributed by atoms with Gasteiger partial charge in [-0.2, -0.15) is 0 Å². The van der Waals surface area contributed by atoms with Crippen molar-refractivity contribution in [2.45, 2.75) is 69.1 Å². The van der Waals surface area contributed by atoms with Gasteiger partial charge in [0.05, 0.1) is 30.9 Å². The van der Waals surface area contributed by atoms with E-state index in [-0.39, 0.29) is 42.3 Å². The Morgan fingerprint density at radius 2 is 1.69 bits per heavy atom. The number of hydrogen-bond donors (Lipinski definition) is 3. The summed E-state index contributed by atoms with van der Waals surface area (Å²) in [5, 5.41) is 10.8. The second-order valence-corrected chi connectivity index (χ2v) is 13.0. The first-order valence-electron chi connectivity index (χ1n) is 16.0. The maximum absolute atomic E-state index is 13.5. The Labute approximate surface area is 250 Å². The first-order valence-corrected chi connectivity index (χ1v) is 16.0. The monoisotopic (exact) mass is 582 g/mol. The maximum Gasteiger partial charge on any atom is 0.253 e. The van der Waals surface area contributed by atoms with E-state index in [1.165, 1.54) is 6.42 Å². The Morgan fingerprint density at radius 1 is 0.952 bits per heavy atom. The van der Waals surface area contributed by atoms with Crippen molar-refractivity contribution in [2.75, 3.05) is 79.4 Å². The van der Waals surface area contributed by atoms with Crippen LogP contribution < -0.4 is 20.7 Å². The van der Waals surface area contributed by atoms with Crippen molar-refractivity contribution in [1.29, 1.82) is 0 Å². The molecule has 232 valence electrons. The van der Waals surface area contributed by atoms with Crippen LogP contribution in [-0.4, -0.2) is 141 Å². The Balaban J connectivity index is 1.08. The number of nitrogens with zero attached hydrogens (tertiary/aromatic N) is 5. The van der Waals surface area contributed by atoms with E-state index in [2.05, 4.69) is 44.7 Å². The zero-order chi connectivity index (χ0) is 29.4. The molecule has 5 unspecified atom stereocenters. The quantitative estimate of drug-likeness (QED) is 0.472. The molecule has 0 spiro atoms. The highest BCUT2D eigenvalue weighted by molar-refractivity contribution is 5.95. The second kappa shape index (κ2) is 12.7. The van der Waals surface area contributed by atoms with Crippen LogP contribution >= 0.6 is 0 Å². The molecule has 5 fully saturated rings. The number of fused-ring (bicyclic) bond motifs is 2. The van der Waals surface area contributed by atoms with Gasteiger partial charge in [0.1, 0.15) is 12.0 Å². The SMILES string of the molecule is COc1cc(C(=O)N2CCC(N3CCN(C)CC3)CC2)ccc1NC1NCC2C(N1)N(C)C1CCCCC1C(=O)N2C. The number of amides is 2. The molecule has 3 N–H and O–H groups in total. The Hall–Kier alpha value is -2.44. The highest BCUT2D eigenvalue weighted by atomic mass is 16.5. The third kappa shape index (κ3) is 5.86. The van der Waals surface area contributed by atoms with Crippen molar-refractivity contribution < 1.29 is 14.3 Å². The van der Waals surface area contributed by atoms with Gasteiger partial charge in [0.15, 0.2) is 0 Å². The molecule has 1 aliphatic carbocycles. The van der Waals surface area contributed by atoms with Gasteiger partial charge in [-0.15, -0.1) is 0 Å². The van der Waals surface area contributed by atoms with Gasteiger partial charge in [0.25, 0.3) is 5.91 Å². The zero-order valence-corrected chi connectivity index (χ0v) is 25.8. The van der Waals surface area contributed by atoms with Gasteiger partial charge < -0.3 is 24.8 Å². The molecule has 4 heterocycles. The third-order valence-electron chi connectivity index (χ3n) is 10.6. The second-order valence-electron chi connectivity index (χ2n) is 13.0. The third-order valence-corrected chi connectivity index (χ3v) is 10.6. The standard InChI is InChI=1S/C31H50N8O3/c1-35-15-17-38(18-16-35)22-11-13-39(14-12-22)29(40)21-9-10-24(27(19-21)42-4)33-31-32-20-26-28(34-31)36(2)25-8-6-5-7-23(25)30(41)37(26)3/h9-10,19,22-23,25-26,28,31-34H,5-8,11-18,20H2,1-4H3. The molecular formula is C31H50N8O3. The predicted octanol–water partition coefficient (Wildman–Crippen LogP) is 1.09. The van der Waals surface area contributed by atoms with E-state index in [0.29, 0.717) is 23.9 Å². The fraction of sp³-hybridized carbons (Fsp3) is 0.742. The average molecular weight is 583 g/mol. The number of anilines is 1. The van der Waals surface area contributed by atoms with Crippen LogP contribution in [0.5, 0.6) is 5.75 Å². The van der Waals surface area contributed by atoms with Crippen molar-refractivity contribution in [2.24, 2.45) is 5.92 Å². The molecule has 1 saturated carbocycles. The molecule has 11 nitrogen and oxygen atoms in total. The molecule has 2 amide bonds. The van der Waals surface area contributed by atoms with E-state index in [1.807, 2.05) is 35.0 Å².